The number of nitrogens with zero attached hydrogens (tertiary/aromatic N) is 2. The molecule has 23 heavy (non-hydrogen) atoms. The number of nitrogens with one attached hydrogen (secondary N) is 2. The summed E-state index contributed by atoms with van der Waals surface area (Å²) in [5.74, 6) is 0.621. The minimum absolute atomic E-state index is 0.0570. The molecule has 122 valence electrons. The molecule has 0 atom stereocenters. The molecule has 2 amide bonds. The van der Waals surface area contributed by atoms with Crippen LogP contribution in [0.3, 0.4) is 0 Å². The van der Waals surface area contributed by atoms with Gasteiger partial charge >= 0.3 is 0 Å². The van der Waals surface area contributed by atoms with Crippen LogP contribution in [-0.2, 0) is 22.6 Å². The molecule has 1 aromatic carbocycles. The van der Waals surface area contributed by atoms with E-state index >= 15 is 0 Å². The second-order valence-corrected chi connectivity index (χ2v) is 5.78. The zero-order chi connectivity index (χ0) is 16.7. The van der Waals surface area contributed by atoms with Crippen LogP contribution < -0.4 is 10.6 Å². The van der Waals surface area contributed by atoms with Gasteiger partial charge < -0.3 is 10.6 Å². The van der Waals surface area contributed by atoms with Gasteiger partial charge in [-0.15, -0.1) is 0 Å². The Balaban J connectivity index is 1.79. The number of hydrogen-bond acceptors (Lipinski definition) is 3. The van der Waals surface area contributed by atoms with E-state index in [1.165, 1.54) is 0 Å². The summed E-state index contributed by atoms with van der Waals surface area (Å²) in [4.78, 5) is 23.8. The van der Waals surface area contributed by atoms with Crippen molar-refractivity contribution in [2.24, 2.45) is 5.92 Å². The Morgan fingerprint density at radius 2 is 1.87 bits per heavy atom. The lowest BCUT2D eigenvalue weighted by molar-refractivity contribution is -0.123. The Labute approximate surface area is 135 Å². The minimum atomic E-state index is -0.267. The van der Waals surface area contributed by atoms with E-state index in [4.69, 9.17) is 0 Å². The first kappa shape index (κ1) is 16.7. The Morgan fingerprint density at radius 3 is 2.57 bits per heavy atom. The fourth-order valence-corrected chi connectivity index (χ4v) is 2.14. The Hall–Kier alpha value is -2.63. The number of hydrogen-bond donors (Lipinski definition) is 2. The molecule has 0 aliphatic heterocycles. The maximum absolute atomic E-state index is 11.9. The van der Waals surface area contributed by atoms with Crippen molar-refractivity contribution in [3.05, 3.63) is 48.2 Å². The molecule has 0 aliphatic carbocycles. The zero-order valence-corrected chi connectivity index (χ0v) is 13.5. The van der Waals surface area contributed by atoms with Gasteiger partial charge in [0.25, 0.3) is 0 Å². The summed E-state index contributed by atoms with van der Waals surface area (Å²) in [7, 11) is 0. The van der Waals surface area contributed by atoms with E-state index in [0.717, 1.165) is 12.1 Å². The van der Waals surface area contributed by atoms with Gasteiger partial charge in [0.2, 0.25) is 11.8 Å². The number of carbonyl (C=O) groups excluding carboxylic acids is 2. The van der Waals surface area contributed by atoms with Crippen molar-refractivity contribution in [3.63, 3.8) is 0 Å². The average Bonchev–Trinajstić information content (AvgIpc) is 2.92. The van der Waals surface area contributed by atoms with Crippen molar-refractivity contribution in [2.75, 3.05) is 11.9 Å². The molecule has 1 heterocycles. The molecule has 2 N–H and O–H groups in total. The van der Waals surface area contributed by atoms with Crippen LogP contribution in [0, 0.1) is 5.92 Å². The Morgan fingerprint density at radius 1 is 1.13 bits per heavy atom. The van der Waals surface area contributed by atoms with Gasteiger partial charge in [-0.1, -0.05) is 44.2 Å². The molecule has 0 saturated carbocycles. The van der Waals surface area contributed by atoms with Gasteiger partial charge in [-0.2, -0.15) is 5.10 Å². The number of rotatable bonds is 7. The summed E-state index contributed by atoms with van der Waals surface area (Å²) in [5.41, 5.74) is 0.917. The van der Waals surface area contributed by atoms with Gasteiger partial charge in [0.1, 0.15) is 5.82 Å². The smallest absolute Gasteiger partial charge is 0.244 e. The van der Waals surface area contributed by atoms with Crippen molar-refractivity contribution in [2.45, 2.75) is 26.8 Å². The van der Waals surface area contributed by atoms with Crippen LogP contribution in [0.15, 0.2) is 42.6 Å². The Bertz CT molecular complexity index is 650. The van der Waals surface area contributed by atoms with E-state index < -0.39 is 0 Å². The van der Waals surface area contributed by atoms with Crippen LogP contribution in [-0.4, -0.2) is 28.1 Å². The lowest BCUT2D eigenvalue weighted by Crippen LogP contribution is -2.34. The van der Waals surface area contributed by atoms with E-state index in [2.05, 4.69) is 29.6 Å². The fourth-order valence-electron chi connectivity index (χ4n) is 2.14. The van der Waals surface area contributed by atoms with Gasteiger partial charge in [-0.05, 0) is 11.5 Å². The summed E-state index contributed by atoms with van der Waals surface area (Å²) >= 11 is 0. The first-order valence-electron chi connectivity index (χ1n) is 7.67. The van der Waals surface area contributed by atoms with Crippen molar-refractivity contribution in [3.8, 4) is 0 Å². The van der Waals surface area contributed by atoms with Gasteiger partial charge in [0.15, 0.2) is 0 Å². The van der Waals surface area contributed by atoms with Crippen molar-refractivity contribution in [1.82, 2.24) is 15.1 Å². The molecule has 2 aromatic rings. The van der Waals surface area contributed by atoms with Crippen molar-refractivity contribution < 1.29 is 9.59 Å². The third kappa shape index (κ3) is 5.58. The number of benzene rings is 1. The van der Waals surface area contributed by atoms with Gasteiger partial charge in [0.05, 0.1) is 19.2 Å². The fraction of sp³-hybridized carbons (Fsp3) is 0.353. The maximum Gasteiger partial charge on any atom is 0.244 e. The summed E-state index contributed by atoms with van der Waals surface area (Å²) in [6, 6.07) is 11.2. The van der Waals surface area contributed by atoms with Gasteiger partial charge in [-0.25, -0.2) is 4.68 Å². The normalized spacial score (nSPS) is 10.6. The lowest BCUT2D eigenvalue weighted by Gasteiger charge is -2.11. The number of anilines is 1. The van der Waals surface area contributed by atoms with E-state index in [1.807, 2.05) is 30.3 Å². The molecule has 6 heteroatoms. The number of aromatic nitrogens is 2. The van der Waals surface area contributed by atoms with Crippen LogP contribution in [0.1, 0.15) is 19.4 Å². The highest BCUT2D eigenvalue weighted by atomic mass is 16.2. The largest absolute Gasteiger partial charge is 0.347 e. The maximum atomic E-state index is 11.9. The Kier molecular flexibility index (Phi) is 5.91. The summed E-state index contributed by atoms with van der Waals surface area (Å²) in [6.45, 7) is 4.83. The topological polar surface area (TPSA) is 76.0 Å². The predicted molar refractivity (Wildman–Crippen MR) is 88.9 cm³/mol. The van der Waals surface area contributed by atoms with E-state index in [1.54, 1.807) is 16.9 Å². The number of carbonyl (C=O) groups is 2. The highest BCUT2D eigenvalue weighted by Gasteiger charge is 2.10. The molecule has 0 radical (unpaired) electrons. The molecule has 0 fully saturated rings. The standard InChI is InChI=1S/C17H22N4O2/c1-13(2)12-21-15(8-9-19-21)20-17(23)11-18-16(22)10-14-6-4-3-5-7-14/h3-9,13H,10-12H2,1-2H3,(H,18,22)(H,20,23). The minimum Gasteiger partial charge on any atom is -0.347 e. The highest BCUT2D eigenvalue weighted by molar-refractivity contribution is 5.94. The molecule has 6 nitrogen and oxygen atoms in total. The third-order valence-electron chi connectivity index (χ3n) is 3.18. The predicted octanol–water partition coefficient (Wildman–Crippen LogP) is 1.84. The average molecular weight is 314 g/mol. The SMILES string of the molecule is CC(C)Cn1nccc1NC(=O)CNC(=O)Cc1ccccc1. The van der Waals surface area contributed by atoms with Gasteiger partial charge in [-0.3, -0.25) is 9.59 Å². The van der Waals surface area contributed by atoms with Crippen molar-refractivity contribution >= 4 is 17.6 Å². The first-order valence-corrected chi connectivity index (χ1v) is 7.67. The molecule has 0 spiro atoms. The molecular formula is C17H22N4O2. The van der Waals surface area contributed by atoms with Gasteiger partial charge in [0, 0.05) is 12.6 Å². The third-order valence-corrected chi connectivity index (χ3v) is 3.18. The second-order valence-electron chi connectivity index (χ2n) is 5.78. The molecule has 0 bridgehead atoms. The van der Waals surface area contributed by atoms with Crippen molar-refractivity contribution in [1.29, 1.82) is 0 Å². The summed E-state index contributed by atoms with van der Waals surface area (Å²) in [5, 5.41) is 9.56. The molecule has 2 rings (SSSR count). The first-order chi connectivity index (χ1) is 11.0. The summed E-state index contributed by atoms with van der Waals surface area (Å²) < 4.78 is 1.74. The van der Waals surface area contributed by atoms with Crippen LogP contribution in [0.4, 0.5) is 5.82 Å². The zero-order valence-electron chi connectivity index (χ0n) is 13.5. The van der Waals surface area contributed by atoms with Crippen LogP contribution in [0.25, 0.3) is 0 Å². The highest BCUT2D eigenvalue weighted by Crippen LogP contribution is 2.09. The van der Waals surface area contributed by atoms with E-state index in [-0.39, 0.29) is 24.8 Å². The van der Waals surface area contributed by atoms with Crippen LogP contribution in [0.2, 0.25) is 0 Å². The lowest BCUT2D eigenvalue weighted by atomic mass is 10.1. The van der Waals surface area contributed by atoms with Crippen LogP contribution in [0.5, 0.6) is 0 Å². The number of amides is 2. The van der Waals surface area contributed by atoms with E-state index in [0.29, 0.717) is 11.7 Å². The van der Waals surface area contributed by atoms with E-state index in [9.17, 15) is 9.59 Å². The summed E-state index contributed by atoms with van der Waals surface area (Å²) in [6.07, 6.45) is 1.91. The molecular weight excluding hydrogens is 292 g/mol. The molecule has 0 saturated heterocycles. The second kappa shape index (κ2) is 8.12. The van der Waals surface area contributed by atoms with Crippen LogP contribution >= 0.6 is 0 Å². The molecule has 1 aromatic heterocycles. The molecule has 0 unspecified atom stereocenters. The molecule has 0 aliphatic rings. The monoisotopic (exact) mass is 314 g/mol. The quantitative estimate of drug-likeness (QED) is 0.819.